The molecule has 1 aliphatic heterocycles. The molecular weight excluding hydrogens is 296 g/mol. The van der Waals surface area contributed by atoms with Gasteiger partial charge in [0.15, 0.2) is 5.82 Å². The molecule has 128 valence electrons. The fraction of sp³-hybridized carbons (Fsp3) is 0.812. The quantitative estimate of drug-likeness (QED) is 0.853. The molecule has 7 heteroatoms. The second-order valence-electron chi connectivity index (χ2n) is 6.46. The molecule has 0 bridgehead atoms. The molecule has 0 spiro atoms. The summed E-state index contributed by atoms with van der Waals surface area (Å²) in [5.74, 6) is 1.27. The SMILES string of the molecule is CCOC1CC(NC2CCCCN(Cc3nc(C)no3)C2=O)C1. The highest BCUT2D eigenvalue weighted by molar-refractivity contribution is 5.82. The molecule has 2 aliphatic rings. The summed E-state index contributed by atoms with van der Waals surface area (Å²) in [4.78, 5) is 18.8. The van der Waals surface area contributed by atoms with Gasteiger partial charge in [-0.25, -0.2) is 0 Å². The number of rotatable bonds is 6. The Morgan fingerprint density at radius 2 is 2.22 bits per heavy atom. The second-order valence-corrected chi connectivity index (χ2v) is 6.46. The third-order valence-electron chi connectivity index (χ3n) is 4.61. The maximum absolute atomic E-state index is 12.8. The molecular formula is C16H26N4O3. The van der Waals surface area contributed by atoms with E-state index >= 15 is 0 Å². The molecule has 0 radical (unpaired) electrons. The number of aryl methyl sites for hydroxylation is 1. The molecule has 2 fully saturated rings. The molecule has 1 aliphatic carbocycles. The zero-order valence-corrected chi connectivity index (χ0v) is 14.0. The summed E-state index contributed by atoms with van der Waals surface area (Å²) in [6, 6.07) is 0.292. The number of carbonyl (C=O) groups is 1. The first-order valence-corrected chi connectivity index (χ1v) is 8.61. The monoisotopic (exact) mass is 322 g/mol. The van der Waals surface area contributed by atoms with E-state index in [4.69, 9.17) is 9.26 Å². The Labute approximate surface area is 136 Å². The van der Waals surface area contributed by atoms with Crippen LogP contribution in [0, 0.1) is 6.92 Å². The van der Waals surface area contributed by atoms with Crippen molar-refractivity contribution in [3.63, 3.8) is 0 Å². The van der Waals surface area contributed by atoms with Gasteiger partial charge in [-0.2, -0.15) is 4.98 Å². The van der Waals surface area contributed by atoms with E-state index < -0.39 is 0 Å². The zero-order chi connectivity index (χ0) is 16.2. The Balaban J connectivity index is 1.54. The molecule has 1 aromatic heterocycles. The van der Waals surface area contributed by atoms with Crippen LogP contribution < -0.4 is 5.32 Å². The number of nitrogens with zero attached hydrogens (tertiary/aromatic N) is 3. The van der Waals surface area contributed by atoms with Crippen LogP contribution in [0.25, 0.3) is 0 Å². The van der Waals surface area contributed by atoms with Crippen LogP contribution in [0.1, 0.15) is 50.7 Å². The topological polar surface area (TPSA) is 80.5 Å². The van der Waals surface area contributed by atoms with Crippen LogP contribution in [0.3, 0.4) is 0 Å². The van der Waals surface area contributed by atoms with Gasteiger partial charge in [0.2, 0.25) is 11.8 Å². The molecule has 1 aromatic rings. The van der Waals surface area contributed by atoms with Crippen LogP contribution in [-0.2, 0) is 16.1 Å². The number of hydrogen-bond acceptors (Lipinski definition) is 6. The number of likely N-dealkylation sites (tertiary alicyclic amines) is 1. The molecule has 3 rings (SSSR count). The minimum absolute atomic E-state index is 0.103. The summed E-state index contributed by atoms with van der Waals surface area (Å²) < 4.78 is 10.7. The number of carbonyl (C=O) groups excluding carboxylic acids is 1. The second kappa shape index (κ2) is 7.40. The van der Waals surface area contributed by atoms with Gasteiger partial charge in [0.05, 0.1) is 12.1 Å². The number of amides is 1. The van der Waals surface area contributed by atoms with E-state index in [-0.39, 0.29) is 11.9 Å². The highest BCUT2D eigenvalue weighted by Gasteiger charge is 2.35. The fourth-order valence-corrected chi connectivity index (χ4v) is 3.34. The molecule has 7 nitrogen and oxygen atoms in total. The van der Waals surface area contributed by atoms with Crippen LogP contribution in [0.2, 0.25) is 0 Å². The average molecular weight is 322 g/mol. The van der Waals surface area contributed by atoms with Crippen LogP contribution >= 0.6 is 0 Å². The Bertz CT molecular complexity index is 527. The molecule has 0 aromatic carbocycles. The Hall–Kier alpha value is -1.47. The smallest absolute Gasteiger partial charge is 0.246 e. The summed E-state index contributed by atoms with van der Waals surface area (Å²) in [7, 11) is 0. The molecule has 1 unspecified atom stereocenters. The van der Waals surface area contributed by atoms with Crippen molar-refractivity contribution >= 4 is 5.91 Å². The summed E-state index contributed by atoms with van der Waals surface area (Å²) in [6.07, 6.45) is 5.33. The normalized spacial score (nSPS) is 28.5. The Kier molecular flexibility index (Phi) is 5.27. The van der Waals surface area contributed by atoms with Crippen molar-refractivity contribution in [3.05, 3.63) is 11.7 Å². The number of nitrogens with one attached hydrogen (secondary N) is 1. The molecule has 1 amide bonds. The van der Waals surface area contributed by atoms with E-state index in [2.05, 4.69) is 15.5 Å². The minimum atomic E-state index is -0.103. The van der Waals surface area contributed by atoms with Gasteiger partial charge in [0, 0.05) is 19.2 Å². The minimum Gasteiger partial charge on any atom is -0.378 e. The largest absolute Gasteiger partial charge is 0.378 e. The number of aromatic nitrogens is 2. The van der Waals surface area contributed by atoms with Crippen molar-refractivity contribution < 1.29 is 14.1 Å². The van der Waals surface area contributed by atoms with Gasteiger partial charge in [-0.1, -0.05) is 5.16 Å². The molecule has 1 saturated heterocycles. The first-order valence-electron chi connectivity index (χ1n) is 8.61. The average Bonchev–Trinajstić information content (AvgIpc) is 2.82. The van der Waals surface area contributed by atoms with Crippen LogP contribution in [-0.4, -0.2) is 52.3 Å². The highest BCUT2D eigenvalue weighted by Crippen LogP contribution is 2.25. The lowest BCUT2D eigenvalue weighted by molar-refractivity contribution is -0.134. The standard InChI is InChI=1S/C16H26N4O3/c1-3-22-13-8-12(9-13)18-14-6-4-5-7-20(16(14)21)10-15-17-11(2)19-23-15/h12-14,18H,3-10H2,1-2H3. The Morgan fingerprint density at radius 3 is 2.91 bits per heavy atom. The predicted molar refractivity (Wildman–Crippen MR) is 83.7 cm³/mol. The maximum atomic E-state index is 12.8. The maximum Gasteiger partial charge on any atom is 0.246 e. The number of ether oxygens (including phenoxy) is 1. The van der Waals surface area contributed by atoms with Gasteiger partial charge in [-0.15, -0.1) is 0 Å². The van der Waals surface area contributed by atoms with Gasteiger partial charge in [-0.3, -0.25) is 4.79 Å². The first kappa shape index (κ1) is 16.4. The molecule has 23 heavy (non-hydrogen) atoms. The van der Waals surface area contributed by atoms with Crippen molar-refractivity contribution in [2.24, 2.45) is 0 Å². The van der Waals surface area contributed by atoms with Gasteiger partial charge in [0.1, 0.15) is 6.54 Å². The molecule has 1 saturated carbocycles. The number of hydrogen-bond donors (Lipinski definition) is 1. The van der Waals surface area contributed by atoms with Gasteiger partial charge >= 0.3 is 0 Å². The molecule has 2 heterocycles. The van der Waals surface area contributed by atoms with E-state index in [1.54, 1.807) is 6.92 Å². The van der Waals surface area contributed by atoms with Crippen LogP contribution in [0.5, 0.6) is 0 Å². The Morgan fingerprint density at radius 1 is 1.39 bits per heavy atom. The van der Waals surface area contributed by atoms with Gasteiger partial charge < -0.3 is 19.5 Å². The fourth-order valence-electron chi connectivity index (χ4n) is 3.34. The first-order chi connectivity index (χ1) is 11.2. The van der Waals surface area contributed by atoms with Crippen molar-refractivity contribution in [1.82, 2.24) is 20.4 Å². The zero-order valence-electron chi connectivity index (χ0n) is 14.0. The highest BCUT2D eigenvalue weighted by atomic mass is 16.5. The third kappa shape index (κ3) is 4.09. The van der Waals surface area contributed by atoms with Crippen molar-refractivity contribution in [2.45, 2.75) is 70.7 Å². The van der Waals surface area contributed by atoms with Crippen molar-refractivity contribution in [3.8, 4) is 0 Å². The van der Waals surface area contributed by atoms with E-state index in [0.717, 1.165) is 45.3 Å². The summed E-state index contributed by atoms with van der Waals surface area (Å²) in [5.41, 5.74) is 0. The third-order valence-corrected chi connectivity index (χ3v) is 4.61. The summed E-state index contributed by atoms with van der Waals surface area (Å²) >= 11 is 0. The lowest BCUT2D eigenvalue weighted by Crippen LogP contribution is -2.54. The van der Waals surface area contributed by atoms with E-state index in [1.165, 1.54) is 0 Å². The summed E-state index contributed by atoms with van der Waals surface area (Å²) in [5, 5.41) is 7.31. The van der Waals surface area contributed by atoms with E-state index in [0.29, 0.717) is 30.4 Å². The van der Waals surface area contributed by atoms with Gasteiger partial charge in [0.25, 0.3) is 0 Å². The van der Waals surface area contributed by atoms with Crippen LogP contribution in [0.15, 0.2) is 4.52 Å². The van der Waals surface area contributed by atoms with E-state index in [1.807, 2.05) is 11.8 Å². The molecule has 1 N–H and O–H groups in total. The van der Waals surface area contributed by atoms with Crippen LogP contribution in [0.4, 0.5) is 0 Å². The van der Waals surface area contributed by atoms with Crippen molar-refractivity contribution in [2.75, 3.05) is 13.2 Å². The summed E-state index contributed by atoms with van der Waals surface area (Å²) in [6.45, 7) is 5.73. The van der Waals surface area contributed by atoms with E-state index in [9.17, 15) is 4.79 Å². The lowest BCUT2D eigenvalue weighted by atomic mass is 9.88. The van der Waals surface area contributed by atoms with Gasteiger partial charge in [-0.05, 0) is 46.0 Å². The molecule has 1 atom stereocenters. The van der Waals surface area contributed by atoms with Crippen molar-refractivity contribution in [1.29, 1.82) is 0 Å². The lowest BCUT2D eigenvalue weighted by Gasteiger charge is -2.38. The predicted octanol–water partition coefficient (Wildman–Crippen LogP) is 1.42.